The standard InChI is InChI=1S/C20H23NO4/c22-20(7-6-18-5-2-10-24-18)21-14-16-3-1-4-17(13-16)15-25-19-8-11-23-12-9-19/h1-7,10,13,19H,8-9,11-12,14-15H2,(H,21,22)/b7-6-. The Labute approximate surface area is 147 Å². The Morgan fingerprint density at radius 1 is 1.20 bits per heavy atom. The molecule has 5 nitrogen and oxygen atoms in total. The van der Waals surface area contributed by atoms with Crippen LogP contribution in [-0.2, 0) is 27.4 Å². The summed E-state index contributed by atoms with van der Waals surface area (Å²) >= 11 is 0. The zero-order valence-electron chi connectivity index (χ0n) is 14.1. The third-order valence-corrected chi connectivity index (χ3v) is 4.05. The fourth-order valence-corrected chi connectivity index (χ4v) is 2.68. The van der Waals surface area contributed by atoms with Crippen molar-refractivity contribution >= 4 is 12.0 Å². The van der Waals surface area contributed by atoms with E-state index in [1.165, 1.54) is 6.08 Å². The second kappa shape index (κ2) is 9.20. The number of nitrogens with one attached hydrogen (secondary N) is 1. The minimum absolute atomic E-state index is 0.153. The van der Waals surface area contributed by atoms with Gasteiger partial charge in [-0.2, -0.15) is 0 Å². The fourth-order valence-electron chi connectivity index (χ4n) is 2.68. The van der Waals surface area contributed by atoms with Gasteiger partial charge in [-0.15, -0.1) is 0 Å². The molecule has 1 amide bonds. The summed E-state index contributed by atoms with van der Waals surface area (Å²) in [6.45, 7) is 2.63. The zero-order valence-corrected chi connectivity index (χ0v) is 14.1. The molecule has 0 unspecified atom stereocenters. The average Bonchev–Trinajstić information content (AvgIpc) is 3.18. The van der Waals surface area contributed by atoms with Gasteiger partial charge in [0.1, 0.15) is 5.76 Å². The molecule has 5 heteroatoms. The van der Waals surface area contributed by atoms with Crippen LogP contribution in [0.5, 0.6) is 0 Å². The molecule has 132 valence electrons. The zero-order chi connectivity index (χ0) is 17.3. The first-order chi connectivity index (χ1) is 12.3. The number of hydrogen-bond acceptors (Lipinski definition) is 4. The monoisotopic (exact) mass is 341 g/mol. The van der Waals surface area contributed by atoms with Crippen LogP contribution in [-0.4, -0.2) is 25.2 Å². The number of ether oxygens (including phenoxy) is 2. The SMILES string of the molecule is O=C(/C=C\c1ccco1)NCc1cccc(COC2CCOCC2)c1. The summed E-state index contributed by atoms with van der Waals surface area (Å²) < 4.78 is 16.4. The highest BCUT2D eigenvalue weighted by molar-refractivity contribution is 5.91. The number of furan rings is 1. The largest absolute Gasteiger partial charge is 0.465 e. The molecule has 25 heavy (non-hydrogen) atoms. The lowest BCUT2D eigenvalue weighted by Crippen LogP contribution is -2.23. The maximum Gasteiger partial charge on any atom is 0.244 e. The van der Waals surface area contributed by atoms with Gasteiger partial charge in [0.25, 0.3) is 0 Å². The first-order valence-electron chi connectivity index (χ1n) is 8.56. The Morgan fingerprint density at radius 3 is 2.84 bits per heavy atom. The predicted molar refractivity (Wildman–Crippen MR) is 94.7 cm³/mol. The van der Waals surface area contributed by atoms with Crippen molar-refractivity contribution in [2.24, 2.45) is 0 Å². The van der Waals surface area contributed by atoms with Gasteiger partial charge in [0, 0.05) is 25.8 Å². The lowest BCUT2D eigenvalue weighted by Gasteiger charge is -2.22. The summed E-state index contributed by atoms with van der Waals surface area (Å²) in [6, 6.07) is 11.7. The molecule has 1 N–H and O–H groups in total. The van der Waals surface area contributed by atoms with Crippen LogP contribution in [0.4, 0.5) is 0 Å². The number of rotatable bonds is 7. The molecule has 0 saturated carbocycles. The van der Waals surface area contributed by atoms with Crippen LogP contribution < -0.4 is 5.32 Å². The van der Waals surface area contributed by atoms with Crippen molar-refractivity contribution in [3.05, 3.63) is 65.6 Å². The summed E-state index contributed by atoms with van der Waals surface area (Å²) in [5.41, 5.74) is 2.16. The average molecular weight is 341 g/mol. The first kappa shape index (κ1) is 17.5. The summed E-state index contributed by atoms with van der Waals surface area (Å²) in [5.74, 6) is 0.502. The van der Waals surface area contributed by atoms with Crippen molar-refractivity contribution in [3.8, 4) is 0 Å². The second-order valence-electron chi connectivity index (χ2n) is 6.01. The molecule has 1 aromatic heterocycles. The third kappa shape index (κ3) is 5.89. The predicted octanol–water partition coefficient (Wildman–Crippen LogP) is 3.30. The van der Waals surface area contributed by atoms with Crippen molar-refractivity contribution < 1.29 is 18.7 Å². The van der Waals surface area contributed by atoms with E-state index in [0.29, 0.717) is 18.9 Å². The topological polar surface area (TPSA) is 60.7 Å². The van der Waals surface area contributed by atoms with Crippen molar-refractivity contribution in [2.75, 3.05) is 13.2 Å². The highest BCUT2D eigenvalue weighted by atomic mass is 16.5. The molecule has 1 fully saturated rings. The molecule has 0 radical (unpaired) electrons. The molecule has 0 aliphatic carbocycles. The van der Waals surface area contributed by atoms with Crippen LogP contribution in [0.15, 0.2) is 53.2 Å². The first-order valence-corrected chi connectivity index (χ1v) is 8.56. The smallest absolute Gasteiger partial charge is 0.244 e. The van der Waals surface area contributed by atoms with E-state index < -0.39 is 0 Å². The Kier molecular flexibility index (Phi) is 6.42. The van der Waals surface area contributed by atoms with Crippen LogP contribution in [0.2, 0.25) is 0 Å². The summed E-state index contributed by atoms with van der Waals surface area (Å²) in [7, 11) is 0. The Morgan fingerprint density at radius 2 is 2.04 bits per heavy atom. The van der Waals surface area contributed by atoms with Crippen LogP contribution >= 0.6 is 0 Å². The molecule has 0 spiro atoms. The Balaban J connectivity index is 1.45. The van der Waals surface area contributed by atoms with Gasteiger partial charge in [-0.05, 0) is 42.2 Å². The van der Waals surface area contributed by atoms with E-state index in [9.17, 15) is 4.79 Å². The fraction of sp³-hybridized carbons (Fsp3) is 0.350. The maximum atomic E-state index is 11.9. The van der Waals surface area contributed by atoms with Gasteiger partial charge in [-0.25, -0.2) is 0 Å². The second-order valence-corrected chi connectivity index (χ2v) is 6.01. The normalized spacial score (nSPS) is 15.5. The van der Waals surface area contributed by atoms with Gasteiger partial charge in [0.05, 0.1) is 19.0 Å². The van der Waals surface area contributed by atoms with Crippen LogP contribution in [0.25, 0.3) is 6.08 Å². The van der Waals surface area contributed by atoms with Gasteiger partial charge in [-0.1, -0.05) is 24.3 Å². The van der Waals surface area contributed by atoms with E-state index in [0.717, 1.165) is 37.2 Å². The van der Waals surface area contributed by atoms with E-state index in [2.05, 4.69) is 11.4 Å². The minimum atomic E-state index is -0.153. The molecule has 1 aromatic carbocycles. The lowest BCUT2D eigenvalue weighted by molar-refractivity contribution is -0.116. The quantitative estimate of drug-likeness (QED) is 0.785. The molecule has 2 aromatic rings. The molecule has 3 rings (SSSR count). The molecule has 1 aliphatic heterocycles. The van der Waals surface area contributed by atoms with E-state index in [4.69, 9.17) is 13.9 Å². The van der Waals surface area contributed by atoms with Gasteiger partial charge in [-0.3, -0.25) is 4.79 Å². The number of carbonyl (C=O) groups excluding carboxylic acids is 1. The molecular formula is C20H23NO4. The number of benzene rings is 1. The maximum absolute atomic E-state index is 11.9. The van der Waals surface area contributed by atoms with E-state index >= 15 is 0 Å². The summed E-state index contributed by atoms with van der Waals surface area (Å²) in [4.78, 5) is 11.9. The Hall–Kier alpha value is -2.37. The summed E-state index contributed by atoms with van der Waals surface area (Å²) in [6.07, 6.45) is 6.88. The van der Waals surface area contributed by atoms with Gasteiger partial charge < -0.3 is 19.2 Å². The van der Waals surface area contributed by atoms with Crippen LogP contribution in [0.3, 0.4) is 0 Å². The van der Waals surface area contributed by atoms with Crippen molar-refractivity contribution in [2.45, 2.75) is 32.1 Å². The van der Waals surface area contributed by atoms with Gasteiger partial charge >= 0.3 is 0 Å². The number of hydrogen-bond donors (Lipinski definition) is 1. The molecule has 0 bridgehead atoms. The highest BCUT2D eigenvalue weighted by Crippen LogP contribution is 2.14. The number of carbonyl (C=O) groups is 1. The molecule has 0 atom stereocenters. The van der Waals surface area contributed by atoms with Crippen molar-refractivity contribution in [1.29, 1.82) is 0 Å². The van der Waals surface area contributed by atoms with Crippen molar-refractivity contribution in [3.63, 3.8) is 0 Å². The lowest BCUT2D eigenvalue weighted by atomic mass is 10.1. The molecule has 1 aliphatic rings. The summed E-state index contributed by atoms with van der Waals surface area (Å²) in [5, 5.41) is 2.87. The Bertz CT molecular complexity index is 687. The number of amides is 1. The molecule has 2 heterocycles. The van der Waals surface area contributed by atoms with E-state index in [1.807, 2.05) is 18.2 Å². The van der Waals surface area contributed by atoms with Gasteiger partial charge in [0.15, 0.2) is 0 Å². The van der Waals surface area contributed by atoms with E-state index in [1.54, 1.807) is 24.5 Å². The van der Waals surface area contributed by atoms with E-state index in [-0.39, 0.29) is 12.0 Å². The van der Waals surface area contributed by atoms with Crippen LogP contribution in [0, 0.1) is 0 Å². The van der Waals surface area contributed by atoms with Crippen molar-refractivity contribution in [1.82, 2.24) is 5.32 Å². The van der Waals surface area contributed by atoms with Gasteiger partial charge in [0.2, 0.25) is 5.91 Å². The molecular weight excluding hydrogens is 318 g/mol. The minimum Gasteiger partial charge on any atom is -0.465 e. The molecule has 1 saturated heterocycles. The highest BCUT2D eigenvalue weighted by Gasteiger charge is 2.14. The van der Waals surface area contributed by atoms with Crippen LogP contribution in [0.1, 0.15) is 29.7 Å². The third-order valence-electron chi connectivity index (χ3n) is 4.05.